The molecule has 4 aliphatic heterocycles. The average Bonchev–Trinajstić information content (AvgIpc) is 2.89. The maximum absolute atomic E-state index is 12.7. The molecule has 6 heteroatoms. The number of nitrogens with zero attached hydrogens (tertiary/aromatic N) is 4. The van der Waals surface area contributed by atoms with Gasteiger partial charge in [0.2, 0.25) is 0 Å². The van der Waals surface area contributed by atoms with Crippen molar-refractivity contribution >= 4 is 17.3 Å². The first-order valence-electron chi connectivity index (χ1n) is 12.9. The minimum Gasteiger partial charge on any atom is -0.378 e. The molecule has 4 fully saturated rings. The van der Waals surface area contributed by atoms with Gasteiger partial charge >= 0.3 is 0 Å². The predicted octanol–water partition coefficient (Wildman–Crippen LogP) is 3.02. The number of para-hydroxylation sites is 1. The van der Waals surface area contributed by atoms with Gasteiger partial charge in [0.1, 0.15) is 0 Å². The number of hydrogen-bond acceptors (Lipinski definition) is 5. The molecule has 1 unspecified atom stereocenters. The summed E-state index contributed by atoms with van der Waals surface area (Å²) < 4.78 is 0. The van der Waals surface area contributed by atoms with Crippen LogP contribution in [0.15, 0.2) is 54.6 Å². The Hall–Kier alpha value is -2.57. The second-order valence-corrected chi connectivity index (χ2v) is 10.5. The van der Waals surface area contributed by atoms with Crippen molar-refractivity contribution in [1.29, 1.82) is 0 Å². The van der Waals surface area contributed by atoms with Gasteiger partial charge in [-0.3, -0.25) is 14.6 Å². The number of carbonyl (C=O) groups excluding carboxylic acids is 1. The Morgan fingerprint density at radius 2 is 1.71 bits per heavy atom. The molecule has 0 saturated carbocycles. The molecule has 0 spiro atoms. The number of piperazine rings is 1. The fourth-order valence-electron chi connectivity index (χ4n) is 6.05. The normalized spacial score (nSPS) is 26.9. The van der Waals surface area contributed by atoms with Crippen molar-refractivity contribution in [3.63, 3.8) is 0 Å². The molecule has 4 saturated heterocycles. The van der Waals surface area contributed by atoms with E-state index >= 15 is 0 Å². The van der Waals surface area contributed by atoms with Crippen LogP contribution in [0.2, 0.25) is 0 Å². The summed E-state index contributed by atoms with van der Waals surface area (Å²) in [6.45, 7) is 8.90. The molecule has 6 rings (SSSR count). The number of amides is 1. The molecular formula is C28H39N5O. The summed E-state index contributed by atoms with van der Waals surface area (Å²) in [5.41, 5.74) is 3.21. The Morgan fingerprint density at radius 3 is 2.35 bits per heavy atom. The molecule has 1 N–H and O–H groups in total. The second kappa shape index (κ2) is 10.4. The average molecular weight is 462 g/mol. The number of anilines is 2. The van der Waals surface area contributed by atoms with E-state index in [9.17, 15) is 4.79 Å². The molecule has 1 amide bonds. The van der Waals surface area contributed by atoms with E-state index in [-0.39, 0.29) is 5.91 Å². The molecule has 2 aromatic rings. The van der Waals surface area contributed by atoms with Crippen LogP contribution < -0.4 is 15.1 Å². The summed E-state index contributed by atoms with van der Waals surface area (Å²) in [6.07, 6.45) is 2.53. The highest BCUT2D eigenvalue weighted by Gasteiger charge is 2.40. The third-order valence-corrected chi connectivity index (χ3v) is 8.14. The Labute approximate surface area is 204 Å². The lowest BCUT2D eigenvalue weighted by Crippen LogP contribution is -2.59. The first-order valence-corrected chi connectivity index (χ1v) is 12.9. The molecule has 6 nitrogen and oxygen atoms in total. The van der Waals surface area contributed by atoms with Crippen LogP contribution in [0.4, 0.5) is 11.4 Å². The summed E-state index contributed by atoms with van der Waals surface area (Å²) in [7, 11) is 4.03. The number of piperidine rings is 3. The van der Waals surface area contributed by atoms with Crippen LogP contribution in [-0.4, -0.2) is 88.2 Å². The number of hydrogen-bond donors (Lipinski definition) is 1. The maximum atomic E-state index is 12.7. The highest BCUT2D eigenvalue weighted by molar-refractivity contribution is 5.94. The molecule has 34 heavy (non-hydrogen) atoms. The van der Waals surface area contributed by atoms with Crippen LogP contribution in [0.25, 0.3) is 0 Å². The second-order valence-electron chi connectivity index (χ2n) is 10.5. The van der Waals surface area contributed by atoms with Gasteiger partial charge in [0.05, 0.1) is 0 Å². The molecule has 4 aliphatic rings. The van der Waals surface area contributed by atoms with Gasteiger partial charge in [-0.1, -0.05) is 18.2 Å². The molecule has 4 heterocycles. The minimum atomic E-state index is 0.0424. The van der Waals surface area contributed by atoms with E-state index in [1.54, 1.807) is 0 Å². The van der Waals surface area contributed by atoms with Crippen LogP contribution in [0.5, 0.6) is 0 Å². The molecule has 182 valence electrons. The Morgan fingerprint density at radius 1 is 0.971 bits per heavy atom. The molecule has 0 aromatic heterocycles. The SMILES string of the molecule is CN(C)c1ccc(C(=O)NC[C@H]2C[C@H]3CCN2C[C@@H]3CN2CCN(c3ccccc3)CC2)cc1. The van der Waals surface area contributed by atoms with Gasteiger partial charge in [0, 0.05) is 82.9 Å². The highest BCUT2D eigenvalue weighted by atomic mass is 16.1. The molecule has 0 aliphatic carbocycles. The fourth-order valence-corrected chi connectivity index (χ4v) is 6.05. The zero-order valence-corrected chi connectivity index (χ0v) is 20.7. The van der Waals surface area contributed by atoms with Crippen LogP contribution in [0.3, 0.4) is 0 Å². The molecule has 2 aromatic carbocycles. The molecule has 0 radical (unpaired) electrons. The summed E-state index contributed by atoms with van der Waals surface area (Å²) in [4.78, 5) is 22.6. The lowest BCUT2D eigenvalue weighted by Gasteiger charge is -2.51. The highest BCUT2D eigenvalue weighted by Crippen LogP contribution is 2.36. The third-order valence-electron chi connectivity index (χ3n) is 8.14. The minimum absolute atomic E-state index is 0.0424. The molecule has 2 bridgehead atoms. The number of nitrogens with one attached hydrogen (secondary N) is 1. The van der Waals surface area contributed by atoms with E-state index in [0.29, 0.717) is 6.04 Å². The monoisotopic (exact) mass is 461 g/mol. The first kappa shape index (κ1) is 23.2. The lowest BCUT2D eigenvalue weighted by atomic mass is 9.75. The topological polar surface area (TPSA) is 42.1 Å². The van der Waals surface area contributed by atoms with Crippen LogP contribution in [0, 0.1) is 11.8 Å². The van der Waals surface area contributed by atoms with Crippen molar-refractivity contribution in [2.45, 2.75) is 18.9 Å². The Bertz CT molecular complexity index is 939. The Kier molecular flexibility index (Phi) is 7.07. The van der Waals surface area contributed by atoms with Gasteiger partial charge in [0.25, 0.3) is 5.91 Å². The fraction of sp³-hybridized carbons (Fsp3) is 0.536. The predicted molar refractivity (Wildman–Crippen MR) is 140 cm³/mol. The summed E-state index contributed by atoms with van der Waals surface area (Å²) in [6, 6.07) is 19.1. The number of fused-ring (bicyclic) bond motifs is 3. The van der Waals surface area contributed by atoms with Crippen LogP contribution in [-0.2, 0) is 0 Å². The van der Waals surface area contributed by atoms with E-state index in [4.69, 9.17) is 0 Å². The van der Waals surface area contributed by atoms with Crippen molar-refractivity contribution in [1.82, 2.24) is 15.1 Å². The zero-order valence-electron chi connectivity index (χ0n) is 20.7. The summed E-state index contributed by atoms with van der Waals surface area (Å²) in [5, 5.41) is 3.21. The smallest absolute Gasteiger partial charge is 0.251 e. The maximum Gasteiger partial charge on any atom is 0.251 e. The molecule has 4 atom stereocenters. The van der Waals surface area contributed by atoms with Gasteiger partial charge in [-0.2, -0.15) is 0 Å². The molecular weight excluding hydrogens is 422 g/mol. The Balaban J connectivity index is 1.08. The zero-order chi connectivity index (χ0) is 23.5. The van der Waals surface area contributed by atoms with Crippen molar-refractivity contribution in [2.75, 3.05) is 76.3 Å². The third kappa shape index (κ3) is 5.23. The van der Waals surface area contributed by atoms with Gasteiger partial charge in [0.15, 0.2) is 0 Å². The van der Waals surface area contributed by atoms with Crippen molar-refractivity contribution in [3.8, 4) is 0 Å². The van der Waals surface area contributed by atoms with Gasteiger partial charge in [-0.15, -0.1) is 0 Å². The number of carbonyl (C=O) groups is 1. The van der Waals surface area contributed by atoms with E-state index in [1.807, 2.05) is 43.3 Å². The van der Waals surface area contributed by atoms with Gasteiger partial charge < -0.3 is 15.1 Å². The van der Waals surface area contributed by atoms with Crippen molar-refractivity contribution in [3.05, 3.63) is 60.2 Å². The summed E-state index contributed by atoms with van der Waals surface area (Å²) >= 11 is 0. The lowest BCUT2D eigenvalue weighted by molar-refractivity contribution is -0.0120. The van der Waals surface area contributed by atoms with Crippen molar-refractivity contribution in [2.24, 2.45) is 11.8 Å². The first-order chi connectivity index (χ1) is 16.6. The number of rotatable bonds is 7. The van der Waals surface area contributed by atoms with E-state index in [2.05, 4.69) is 50.3 Å². The van der Waals surface area contributed by atoms with Crippen LogP contribution in [0.1, 0.15) is 23.2 Å². The summed E-state index contributed by atoms with van der Waals surface area (Å²) in [5.74, 6) is 1.60. The van der Waals surface area contributed by atoms with E-state index in [1.165, 1.54) is 38.2 Å². The largest absolute Gasteiger partial charge is 0.378 e. The van der Waals surface area contributed by atoms with Gasteiger partial charge in [-0.05, 0) is 67.6 Å². The van der Waals surface area contributed by atoms with Crippen LogP contribution >= 0.6 is 0 Å². The number of benzene rings is 2. The van der Waals surface area contributed by atoms with E-state index in [0.717, 1.165) is 55.8 Å². The van der Waals surface area contributed by atoms with Crippen molar-refractivity contribution < 1.29 is 4.79 Å². The van der Waals surface area contributed by atoms with Gasteiger partial charge in [-0.25, -0.2) is 0 Å². The standard InChI is InChI=1S/C28H39N5O/c1-30(2)25-10-8-22(9-11-25)28(34)29-19-27-18-23-12-13-33(27)21-24(23)20-31-14-16-32(17-15-31)26-6-4-3-5-7-26/h3-11,23-24,27H,12-21H2,1-2H3,(H,29,34)/t23-,24+,27-/m1/s1. The quantitative estimate of drug-likeness (QED) is 0.687. The van der Waals surface area contributed by atoms with E-state index < -0.39 is 0 Å².